The van der Waals surface area contributed by atoms with Crippen molar-refractivity contribution in [3.63, 3.8) is 0 Å². The topological polar surface area (TPSA) is 90.9 Å². The van der Waals surface area contributed by atoms with Crippen LogP contribution in [0.15, 0.2) is 36.7 Å². The Morgan fingerprint density at radius 3 is 2.66 bits per heavy atom. The molecule has 2 atom stereocenters. The van der Waals surface area contributed by atoms with Gasteiger partial charge in [-0.05, 0) is 18.1 Å². The van der Waals surface area contributed by atoms with Crippen molar-refractivity contribution < 1.29 is 14.3 Å². The van der Waals surface area contributed by atoms with Crippen LogP contribution in [-0.2, 0) is 4.79 Å². The first-order valence-electron chi connectivity index (χ1n) is 9.35. The summed E-state index contributed by atoms with van der Waals surface area (Å²) in [5.41, 5.74) is 8.75. The Kier molecular flexibility index (Phi) is 6.30. The Hall–Kier alpha value is -2.77. The number of imidazole rings is 1. The zero-order chi connectivity index (χ0) is 21.1. The molecule has 2 unspecified atom stereocenters. The van der Waals surface area contributed by atoms with E-state index in [2.05, 4.69) is 10.3 Å². The number of ether oxygens (including phenoxy) is 2. The summed E-state index contributed by atoms with van der Waals surface area (Å²) >= 11 is 6.28. The van der Waals surface area contributed by atoms with Crippen molar-refractivity contribution in [2.24, 2.45) is 11.7 Å². The predicted molar refractivity (Wildman–Crippen MR) is 115 cm³/mol. The third kappa shape index (κ3) is 4.31. The third-order valence-electron chi connectivity index (χ3n) is 5.04. The maximum absolute atomic E-state index is 12.4. The van der Waals surface area contributed by atoms with E-state index in [1.807, 2.05) is 30.6 Å². The molecule has 2 heterocycles. The van der Waals surface area contributed by atoms with E-state index < -0.39 is 6.04 Å². The minimum atomic E-state index is -0.558. The number of nitrogens with two attached hydrogens (primary N) is 1. The zero-order valence-electron chi connectivity index (χ0n) is 16.9. The van der Waals surface area contributed by atoms with Gasteiger partial charge in [-0.2, -0.15) is 0 Å². The van der Waals surface area contributed by atoms with E-state index in [0.717, 1.165) is 12.0 Å². The molecule has 0 saturated carbocycles. The smallest absolute Gasteiger partial charge is 0.241 e. The van der Waals surface area contributed by atoms with E-state index in [1.54, 1.807) is 38.5 Å². The lowest BCUT2D eigenvalue weighted by molar-refractivity contribution is -0.118. The Labute approximate surface area is 174 Å². The standard InChI is InChI=1S/C21H25ClN4O3/c1-5-12(2)20(23)21(27)24-13-6-7-26-11-16(25-19(26)8-13)14-9-15(22)18(29-4)10-17(14)28-3/h6-12,20H,5,23H2,1-4H3,(H,24,27). The van der Waals surface area contributed by atoms with Gasteiger partial charge in [0.05, 0.1) is 31.0 Å². The van der Waals surface area contributed by atoms with Gasteiger partial charge in [0, 0.05) is 35.8 Å². The lowest BCUT2D eigenvalue weighted by atomic mass is 9.99. The van der Waals surface area contributed by atoms with Crippen LogP contribution >= 0.6 is 11.6 Å². The SMILES string of the molecule is CCC(C)C(N)C(=O)Nc1ccn2cc(-c3cc(Cl)c(OC)cc3OC)nc2c1. The minimum Gasteiger partial charge on any atom is -0.496 e. The van der Waals surface area contributed by atoms with Crippen LogP contribution in [-0.4, -0.2) is 35.6 Å². The van der Waals surface area contributed by atoms with Crippen LogP contribution in [0, 0.1) is 5.92 Å². The number of methoxy groups -OCH3 is 2. The fourth-order valence-electron chi connectivity index (χ4n) is 2.99. The average molecular weight is 417 g/mol. The van der Waals surface area contributed by atoms with Crippen molar-refractivity contribution in [1.29, 1.82) is 0 Å². The number of pyridine rings is 1. The number of carbonyl (C=O) groups excluding carboxylic acids is 1. The number of hydrogen-bond donors (Lipinski definition) is 2. The lowest BCUT2D eigenvalue weighted by Crippen LogP contribution is -2.40. The van der Waals surface area contributed by atoms with Gasteiger partial charge >= 0.3 is 0 Å². The van der Waals surface area contributed by atoms with Crippen molar-refractivity contribution in [1.82, 2.24) is 9.38 Å². The molecule has 3 aromatic rings. The molecule has 0 aliphatic heterocycles. The van der Waals surface area contributed by atoms with Gasteiger partial charge in [-0.15, -0.1) is 0 Å². The molecule has 0 bridgehead atoms. The number of nitrogens with one attached hydrogen (secondary N) is 1. The molecule has 0 aliphatic carbocycles. The molecular formula is C21H25ClN4O3. The van der Waals surface area contributed by atoms with E-state index >= 15 is 0 Å². The van der Waals surface area contributed by atoms with Gasteiger partial charge in [-0.3, -0.25) is 4.79 Å². The second kappa shape index (κ2) is 8.71. The molecule has 154 valence electrons. The second-order valence-corrected chi connectivity index (χ2v) is 7.30. The van der Waals surface area contributed by atoms with Crippen molar-refractivity contribution in [3.05, 3.63) is 41.7 Å². The molecule has 7 nitrogen and oxygen atoms in total. The van der Waals surface area contributed by atoms with E-state index in [0.29, 0.717) is 33.6 Å². The van der Waals surface area contributed by atoms with Crippen molar-refractivity contribution >= 4 is 28.8 Å². The predicted octanol–water partition coefficient (Wildman–Crippen LogP) is 3.98. The van der Waals surface area contributed by atoms with Crippen LogP contribution in [0.2, 0.25) is 5.02 Å². The first-order valence-corrected chi connectivity index (χ1v) is 9.72. The molecule has 29 heavy (non-hydrogen) atoms. The Balaban J connectivity index is 1.92. The maximum Gasteiger partial charge on any atom is 0.241 e. The summed E-state index contributed by atoms with van der Waals surface area (Å²) in [7, 11) is 3.13. The van der Waals surface area contributed by atoms with Crippen LogP contribution in [0.4, 0.5) is 5.69 Å². The summed E-state index contributed by atoms with van der Waals surface area (Å²) in [5, 5.41) is 3.33. The molecule has 0 spiro atoms. The highest BCUT2D eigenvalue weighted by Gasteiger charge is 2.20. The summed E-state index contributed by atoms with van der Waals surface area (Å²) in [6.07, 6.45) is 4.53. The molecule has 0 saturated heterocycles. The molecule has 3 N–H and O–H groups in total. The van der Waals surface area contributed by atoms with Crippen LogP contribution in [0.3, 0.4) is 0 Å². The normalized spacial score (nSPS) is 13.2. The summed E-state index contributed by atoms with van der Waals surface area (Å²) < 4.78 is 12.6. The molecule has 3 rings (SSSR count). The van der Waals surface area contributed by atoms with Gasteiger partial charge < -0.3 is 24.9 Å². The Morgan fingerprint density at radius 1 is 1.28 bits per heavy atom. The number of fused-ring (bicyclic) bond motifs is 1. The van der Waals surface area contributed by atoms with Crippen LogP contribution in [0.1, 0.15) is 20.3 Å². The number of benzene rings is 1. The molecule has 2 aromatic heterocycles. The van der Waals surface area contributed by atoms with Gasteiger partial charge in [0.15, 0.2) is 0 Å². The third-order valence-corrected chi connectivity index (χ3v) is 5.33. The van der Waals surface area contributed by atoms with Crippen molar-refractivity contribution in [2.75, 3.05) is 19.5 Å². The first-order chi connectivity index (χ1) is 13.9. The summed E-state index contributed by atoms with van der Waals surface area (Å²) in [4.78, 5) is 17.0. The molecule has 1 aromatic carbocycles. The van der Waals surface area contributed by atoms with E-state index in [1.165, 1.54) is 0 Å². The Bertz CT molecular complexity index is 1030. The van der Waals surface area contributed by atoms with Crippen molar-refractivity contribution in [2.45, 2.75) is 26.3 Å². The molecule has 0 fully saturated rings. The molecule has 1 amide bonds. The van der Waals surface area contributed by atoms with Gasteiger partial charge in [-0.1, -0.05) is 31.9 Å². The maximum atomic E-state index is 12.4. The van der Waals surface area contributed by atoms with Crippen LogP contribution in [0.5, 0.6) is 11.5 Å². The quantitative estimate of drug-likeness (QED) is 0.607. The van der Waals surface area contributed by atoms with Gasteiger partial charge in [0.25, 0.3) is 0 Å². The fraction of sp³-hybridized carbons (Fsp3) is 0.333. The minimum absolute atomic E-state index is 0.101. The van der Waals surface area contributed by atoms with E-state index in [4.69, 9.17) is 26.8 Å². The highest BCUT2D eigenvalue weighted by atomic mass is 35.5. The van der Waals surface area contributed by atoms with Crippen molar-refractivity contribution in [3.8, 4) is 22.8 Å². The zero-order valence-corrected chi connectivity index (χ0v) is 17.7. The van der Waals surface area contributed by atoms with E-state index in [-0.39, 0.29) is 11.8 Å². The molecule has 0 aliphatic rings. The fourth-order valence-corrected chi connectivity index (χ4v) is 3.23. The summed E-state index contributed by atoms with van der Waals surface area (Å²) in [6.45, 7) is 3.97. The Morgan fingerprint density at radius 2 is 2.00 bits per heavy atom. The molecule has 8 heteroatoms. The van der Waals surface area contributed by atoms with Gasteiger partial charge in [0.2, 0.25) is 5.91 Å². The number of rotatable bonds is 7. The number of nitrogens with zero attached hydrogens (tertiary/aromatic N) is 2. The lowest BCUT2D eigenvalue weighted by Gasteiger charge is -2.17. The number of hydrogen-bond acceptors (Lipinski definition) is 5. The average Bonchev–Trinajstić information content (AvgIpc) is 3.15. The highest BCUT2D eigenvalue weighted by molar-refractivity contribution is 6.32. The van der Waals surface area contributed by atoms with Crippen LogP contribution in [0.25, 0.3) is 16.9 Å². The number of anilines is 1. The monoisotopic (exact) mass is 416 g/mol. The number of carbonyl (C=O) groups is 1. The number of halogens is 1. The number of aromatic nitrogens is 2. The molecular weight excluding hydrogens is 392 g/mol. The molecule has 0 radical (unpaired) electrons. The van der Waals surface area contributed by atoms with Crippen LogP contribution < -0.4 is 20.5 Å². The highest BCUT2D eigenvalue weighted by Crippen LogP contribution is 2.38. The number of amides is 1. The van der Waals surface area contributed by atoms with Gasteiger partial charge in [-0.25, -0.2) is 4.98 Å². The summed E-state index contributed by atoms with van der Waals surface area (Å²) in [6, 6.07) is 6.52. The van der Waals surface area contributed by atoms with Gasteiger partial charge in [0.1, 0.15) is 17.1 Å². The largest absolute Gasteiger partial charge is 0.496 e. The summed E-state index contributed by atoms with van der Waals surface area (Å²) in [5.74, 6) is 1.02. The second-order valence-electron chi connectivity index (χ2n) is 6.89. The van der Waals surface area contributed by atoms with E-state index in [9.17, 15) is 4.79 Å². The first kappa shape index (κ1) is 21.0.